The molecule has 4 nitrogen and oxygen atoms in total. The van der Waals surface area contributed by atoms with Crippen molar-refractivity contribution >= 4 is 31.5 Å². The van der Waals surface area contributed by atoms with Gasteiger partial charge in [-0.25, -0.2) is 8.42 Å². The topological polar surface area (TPSA) is 69.4 Å². The maximum absolute atomic E-state index is 12.2. The fourth-order valence-corrected chi connectivity index (χ4v) is 3.33. The van der Waals surface area contributed by atoms with Gasteiger partial charge < -0.3 is 10.5 Å². The molecule has 2 rings (SSSR count). The molecular formula is C15H16BrNO3S. The van der Waals surface area contributed by atoms with Crippen molar-refractivity contribution < 1.29 is 13.2 Å². The first-order valence-corrected chi connectivity index (χ1v) is 8.80. The number of ether oxygens (including phenoxy) is 1. The van der Waals surface area contributed by atoms with Crippen LogP contribution in [0.3, 0.4) is 0 Å². The molecule has 6 heteroatoms. The lowest BCUT2D eigenvalue weighted by atomic mass is 10.2. The van der Waals surface area contributed by atoms with Crippen molar-refractivity contribution in [3.05, 3.63) is 52.5 Å². The lowest BCUT2D eigenvalue weighted by molar-refractivity contribution is 0.340. The molecule has 2 N–H and O–H groups in total. The van der Waals surface area contributed by atoms with E-state index < -0.39 is 9.84 Å². The van der Waals surface area contributed by atoms with Gasteiger partial charge in [-0.2, -0.15) is 0 Å². The Morgan fingerprint density at radius 3 is 2.62 bits per heavy atom. The Balaban J connectivity index is 2.03. The molecule has 0 spiro atoms. The standard InChI is InChI=1S/C15H16BrNO3S/c1-11-9-14(5-6-15(11)17)21(18,19)8-7-20-13-4-2-3-12(16)10-13/h2-6,9-10H,7-8,17H2,1H3. The predicted octanol–water partition coefficient (Wildman–Crippen LogP) is 3.19. The smallest absolute Gasteiger partial charge is 0.181 e. The minimum Gasteiger partial charge on any atom is -0.492 e. The Morgan fingerprint density at radius 2 is 1.95 bits per heavy atom. The first-order chi connectivity index (χ1) is 9.88. The Kier molecular flexibility index (Phi) is 4.90. The number of aryl methyl sites for hydroxylation is 1. The first-order valence-electron chi connectivity index (χ1n) is 6.36. The summed E-state index contributed by atoms with van der Waals surface area (Å²) in [5.41, 5.74) is 7.03. The van der Waals surface area contributed by atoms with E-state index in [4.69, 9.17) is 10.5 Å². The van der Waals surface area contributed by atoms with Crippen molar-refractivity contribution in [3.63, 3.8) is 0 Å². The van der Waals surface area contributed by atoms with Gasteiger partial charge in [0.25, 0.3) is 0 Å². The van der Waals surface area contributed by atoms with Gasteiger partial charge in [0, 0.05) is 10.2 Å². The van der Waals surface area contributed by atoms with Gasteiger partial charge in [0.1, 0.15) is 12.4 Å². The maximum Gasteiger partial charge on any atom is 0.181 e. The Bertz CT molecular complexity index is 744. The third-order valence-corrected chi connectivity index (χ3v) is 5.19. The summed E-state index contributed by atoms with van der Waals surface area (Å²) >= 11 is 3.33. The molecular weight excluding hydrogens is 354 g/mol. The van der Waals surface area contributed by atoms with Gasteiger partial charge in [-0.05, 0) is 48.9 Å². The highest BCUT2D eigenvalue weighted by Gasteiger charge is 2.15. The van der Waals surface area contributed by atoms with Crippen molar-refractivity contribution in [2.45, 2.75) is 11.8 Å². The van der Waals surface area contributed by atoms with Crippen molar-refractivity contribution in [3.8, 4) is 5.75 Å². The van der Waals surface area contributed by atoms with Crippen molar-refractivity contribution in [2.75, 3.05) is 18.1 Å². The second kappa shape index (κ2) is 6.49. The average Bonchev–Trinajstić information content (AvgIpc) is 2.41. The molecule has 2 aromatic carbocycles. The van der Waals surface area contributed by atoms with Crippen LogP contribution in [-0.2, 0) is 9.84 Å². The van der Waals surface area contributed by atoms with Crippen molar-refractivity contribution in [2.24, 2.45) is 0 Å². The van der Waals surface area contributed by atoms with Crippen molar-refractivity contribution in [1.82, 2.24) is 0 Å². The van der Waals surface area contributed by atoms with Crippen molar-refractivity contribution in [1.29, 1.82) is 0 Å². The normalized spacial score (nSPS) is 11.3. The van der Waals surface area contributed by atoms with E-state index in [1.165, 1.54) is 6.07 Å². The number of nitrogen functional groups attached to an aromatic ring is 1. The lowest BCUT2D eigenvalue weighted by Gasteiger charge is -2.09. The van der Waals surface area contributed by atoms with Crippen LogP contribution >= 0.6 is 15.9 Å². The minimum absolute atomic E-state index is 0.0805. The highest BCUT2D eigenvalue weighted by atomic mass is 79.9. The second-order valence-corrected chi connectivity index (χ2v) is 7.67. The maximum atomic E-state index is 12.2. The van der Waals surface area contributed by atoms with Crippen LogP contribution in [0.15, 0.2) is 51.8 Å². The van der Waals surface area contributed by atoms with Gasteiger partial charge >= 0.3 is 0 Å². The van der Waals surface area contributed by atoms with Gasteiger partial charge in [-0.3, -0.25) is 0 Å². The number of anilines is 1. The molecule has 0 aliphatic heterocycles. The Labute approximate surface area is 133 Å². The number of nitrogens with two attached hydrogens (primary N) is 1. The molecule has 0 aliphatic carbocycles. The number of sulfone groups is 1. The molecule has 2 aromatic rings. The highest BCUT2D eigenvalue weighted by molar-refractivity contribution is 9.10. The number of hydrogen-bond acceptors (Lipinski definition) is 4. The molecule has 0 unspecified atom stereocenters. The molecule has 0 amide bonds. The van der Waals surface area contributed by atoms with Gasteiger partial charge in [0.15, 0.2) is 9.84 Å². The molecule has 0 aromatic heterocycles. The number of halogens is 1. The van der Waals surface area contributed by atoms with E-state index >= 15 is 0 Å². The summed E-state index contributed by atoms with van der Waals surface area (Å²) in [5.74, 6) is 0.552. The zero-order valence-electron chi connectivity index (χ0n) is 11.5. The molecule has 0 heterocycles. The van der Waals surface area contributed by atoms with E-state index in [0.29, 0.717) is 11.4 Å². The summed E-state index contributed by atoms with van der Waals surface area (Å²) in [4.78, 5) is 0.270. The van der Waals surface area contributed by atoms with E-state index in [1.54, 1.807) is 31.2 Å². The SMILES string of the molecule is Cc1cc(S(=O)(=O)CCOc2cccc(Br)c2)ccc1N. The lowest BCUT2D eigenvalue weighted by Crippen LogP contribution is -2.14. The molecule has 0 aliphatic rings. The molecule has 0 saturated heterocycles. The van der Waals surface area contributed by atoms with E-state index in [9.17, 15) is 8.42 Å². The van der Waals surface area contributed by atoms with E-state index in [0.717, 1.165) is 10.0 Å². The molecule has 0 saturated carbocycles. The summed E-state index contributed by atoms with van der Waals surface area (Å²) in [6.07, 6.45) is 0. The number of benzene rings is 2. The van der Waals surface area contributed by atoms with Crippen LogP contribution < -0.4 is 10.5 Å². The zero-order chi connectivity index (χ0) is 15.5. The summed E-state index contributed by atoms with van der Waals surface area (Å²) in [6, 6.07) is 12.0. The van der Waals surface area contributed by atoms with Crippen LogP contribution in [0.1, 0.15) is 5.56 Å². The third-order valence-electron chi connectivity index (χ3n) is 3.02. The van der Waals surface area contributed by atoms with E-state index in [-0.39, 0.29) is 17.3 Å². The average molecular weight is 370 g/mol. The van der Waals surface area contributed by atoms with Gasteiger partial charge in [-0.1, -0.05) is 22.0 Å². The third kappa shape index (κ3) is 4.22. The van der Waals surface area contributed by atoms with Crippen LogP contribution in [0.4, 0.5) is 5.69 Å². The fraction of sp³-hybridized carbons (Fsp3) is 0.200. The summed E-state index contributed by atoms with van der Waals surface area (Å²) in [7, 11) is -3.37. The predicted molar refractivity (Wildman–Crippen MR) is 87.3 cm³/mol. The molecule has 112 valence electrons. The minimum atomic E-state index is -3.37. The summed E-state index contributed by atoms with van der Waals surface area (Å²) in [5, 5.41) is 0. The molecule has 21 heavy (non-hydrogen) atoms. The fourth-order valence-electron chi connectivity index (χ4n) is 1.79. The van der Waals surface area contributed by atoms with Crippen LogP contribution in [0.5, 0.6) is 5.75 Å². The van der Waals surface area contributed by atoms with E-state index in [2.05, 4.69) is 15.9 Å². The molecule has 0 atom stereocenters. The van der Waals surface area contributed by atoms with E-state index in [1.807, 2.05) is 12.1 Å². The van der Waals surface area contributed by atoms with Gasteiger partial charge in [0.2, 0.25) is 0 Å². The van der Waals surface area contributed by atoms with Crippen LogP contribution in [-0.4, -0.2) is 20.8 Å². The quantitative estimate of drug-likeness (QED) is 0.821. The molecule has 0 bridgehead atoms. The summed E-state index contributed by atoms with van der Waals surface area (Å²) < 4.78 is 30.8. The zero-order valence-corrected chi connectivity index (χ0v) is 13.9. The van der Waals surface area contributed by atoms with Crippen LogP contribution in [0.25, 0.3) is 0 Å². The van der Waals surface area contributed by atoms with Gasteiger partial charge in [-0.15, -0.1) is 0 Å². The monoisotopic (exact) mass is 369 g/mol. The van der Waals surface area contributed by atoms with Crippen LogP contribution in [0.2, 0.25) is 0 Å². The Morgan fingerprint density at radius 1 is 1.19 bits per heavy atom. The number of rotatable bonds is 5. The molecule has 0 radical (unpaired) electrons. The van der Waals surface area contributed by atoms with Crippen LogP contribution in [0, 0.1) is 6.92 Å². The summed E-state index contributed by atoms with van der Waals surface area (Å²) in [6.45, 7) is 1.88. The van der Waals surface area contributed by atoms with Gasteiger partial charge in [0.05, 0.1) is 10.6 Å². The first kappa shape index (κ1) is 15.9. The number of hydrogen-bond donors (Lipinski definition) is 1. The molecule has 0 fully saturated rings. The second-order valence-electron chi connectivity index (χ2n) is 4.64. The highest BCUT2D eigenvalue weighted by Crippen LogP contribution is 2.20. The largest absolute Gasteiger partial charge is 0.492 e. The Hall–Kier alpha value is -1.53.